The van der Waals surface area contributed by atoms with Gasteiger partial charge in [-0.05, 0) is 36.9 Å². The molecule has 0 aromatic carbocycles. The molecule has 0 aromatic rings. The fourth-order valence-electron chi connectivity index (χ4n) is 1.95. The van der Waals surface area contributed by atoms with E-state index < -0.39 is 0 Å². The Kier molecular flexibility index (Phi) is 2.60. The summed E-state index contributed by atoms with van der Waals surface area (Å²) in [6.07, 6.45) is 1.10. The van der Waals surface area contributed by atoms with Crippen LogP contribution in [0.15, 0.2) is 5.11 Å². The number of azide groups is 1. The summed E-state index contributed by atoms with van der Waals surface area (Å²) in [5.74, 6) is 1.45. The van der Waals surface area contributed by atoms with E-state index in [0.717, 1.165) is 25.4 Å². The van der Waals surface area contributed by atoms with Crippen LogP contribution in [0.25, 0.3) is 10.4 Å². The zero-order valence-corrected chi connectivity index (χ0v) is 6.92. The van der Waals surface area contributed by atoms with Gasteiger partial charge in [0.05, 0.1) is 0 Å². The molecule has 2 aliphatic rings. The lowest BCUT2D eigenvalue weighted by atomic mass is 9.72. The van der Waals surface area contributed by atoms with Crippen LogP contribution >= 0.6 is 12.4 Å². The number of halogens is 1. The van der Waals surface area contributed by atoms with Crippen LogP contribution in [0.5, 0.6) is 0 Å². The fourth-order valence-corrected chi connectivity index (χ4v) is 1.95. The van der Waals surface area contributed by atoms with Gasteiger partial charge in [-0.25, -0.2) is 0 Å². The molecule has 1 aliphatic carbocycles. The van der Waals surface area contributed by atoms with Crippen molar-refractivity contribution in [2.75, 3.05) is 13.1 Å². The number of rotatable bonds is 1. The van der Waals surface area contributed by atoms with E-state index in [1.165, 1.54) is 0 Å². The molecule has 62 valence electrons. The first kappa shape index (κ1) is 8.65. The van der Waals surface area contributed by atoms with E-state index in [1.54, 1.807) is 0 Å². The maximum Gasteiger partial charge on any atom is 0.0420 e. The van der Waals surface area contributed by atoms with Crippen molar-refractivity contribution >= 4 is 12.4 Å². The molecule has 0 radical (unpaired) electrons. The molecule has 0 aromatic heterocycles. The molecule has 5 heteroatoms. The van der Waals surface area contributed by atoms with Gasteiger partial charge in [0.25, 0.3) is 0 Å². The minimum atomic E-state index is 0. The van der Waals surface area contributed by atoms with E-state index in [4.69, 9.17) is 5.53 Å². The van der Waals surface area contributed by atoms with E-state index >= 15 is 0 Å². The summed E-state index contributed by atoms with van der Waals surface area (Å²) in [7, 11) is 0. The van der Waals surface area contributed by atoms with Gasteiger partial charge in [0, 0.05) is 11.0 Å². The maximum atomic E-state index is 8.16. The molecule has 1 N–H and O–H groups in total. The van der Waals surface area contributed by atoms with E-state index in [1.807, 2.05) is 0 Å². The highest BCUT2D eigenvalue weighted by molar-refractivity contribution is 5.85. The van der Waals surface area contributed by atoms with Gasteiger partial charge in [-0.3, -0.25) is 0 Å². The molecule has 3 atom stereocenters. The van der Waals surface area contributed by atoms with Crippen molar-refractivity contribution in [2.24, 2.45) is 17.0 Å². The molecule has 1 heterocycles. The Morgan fingerprint density at radius 1 is 1.45 bits per heavy atom. The van der Waals surface area contributed by atoms with Crippen LogP contribution in [0, 0.1) is 11.8 Å². The predicted octanol–water partition coefficient (Wildman–Crippen LogP) is 1.33. The van der Waals surface area contributed by atoms with Gasteiger partial charge in [0.2, 0.25) is 0 Å². The van der Waals surface area contributed by atoms with Crippen molar-refractivity contribution in [3.8, 4) is 0 Å². The Hall–Kier alpha value is -0.440. The number of nitrogens with zero attached hydrogens (tertiary/aromatic N) is 3. The maximum absolute atomic E-state index is 8.16. The molecule has 11 heavy (non-hydrogen) atoms. The van der Waals surface area contributed by atoms with Crippen molar-refractivity contribution in [2.45, 2.75) is 12.5 Å². The quantitative estimate of drug-likeness (QED) is 0.364. The molecule has 0 bridgehead atoms. The average molecular weight is 175 g/mol. The molecule has 1 saturated carbocycles. The van der Waals surface area contributed by atoms with Crippen LogP contribution in [0.3, 0.4) is 0 Å². The highest BCUT2D eigenvalue weighted by atomic mass is 35.5. The molecule has 0 spiro atoms. The smallest absolute Gasteiger partial charge is 0.0420 e. The Morgan fingerprint density at radius 3 is 2.91 bits per heavy atom. The Bertz CT molecular complexity index is 189. The van der Waals surface area contributed by atoms with Gasteiger partial charge in [-0.2, -0.15) is 0 Å². The lowest BCUT2D eigenvalue weighted by Gasteiger charge is -2.36. The summed E-state index contributed by atoms with van der Waals surface area (Å²) >= 11 is 0. The first-order valence-electron chi connectivity index (χ1n) is 3.66. The minimum Gasteiger partial charge on any atom is -0.316 e. The Morgan fingerprint density at radius 2 is 2.27 bits per heavy atom. The van der Waals surface area contributed by atoms with Crippen LogP contribution in [-0.4, -0.2) is 19.1 Å². The molecule has 1 saturated heterocycles. The van der Waals surface area contributed by atoms with Crippen molar-refractivity contribution < 1.29 is 0 Å². The van der Waals surface area contributed by atoms with Gasteiger partial charge in [0.15, 0.2) is 0 Å². The van der Waals surface area contributed by atoms with Gasteiger partial charge in [0.1, 0.15) is 0 Å². The zero-order valence-electron chi connectivity index (χ0n) is 6.10. The molecule has 2 rings (SSSR count). The minimum absolute atomic E-state index is 0. The highest BCUT2D eigenvalue weighted by Gasteiger charge is 2.42. The standard InChI is InChI=1S/C6H10N4.ClH/c7-10-9-6-1-4-2-8-3-5(4)6;/h4-6,8H,1-3H2;1H. The number of nitrogens with one attached hydrogen (secondary N) is 1. The third-order valence-electron chi connectivity index (χ3n) is 2.63. The SMILES string of the molecule is Cl.[N-]=[N+]=NC1CC2CNCC21. The number of hydrogen-bond donors (Lipinski definition) is 1. The normalized spacial score (nSPS) is 39.5. The van der Waals surface area contributed by atoms with Gasteiger partial charge < -0.3 is 5.32 Å². The first-order chi connectivity index (χ1) is 4.92. The first-order valence-corrected chi connectivity index (χ1v) is 3.66. The predicted molar refractivity (Wildman–Crippen MR) is 44.6 cm³/mol. The lowest BCUT2D eigenvalue weighted by Crippen LogP contribution is -2.38. The van der Waals surface area contributed by atoms with Crippen molar-refractivity contribution in [1.82, 2.24) is 5.32 Å². The second kappa shape index (κ2) is 3.30. The van der Waals surface area contributed by atoms with Crippen molar-refractivity contribution in [3.05, 3.63) is 10.4 Å². The van der Waals surface area contributed by atoms with E-state index in [-0.39, 0.29) is 12.4 Å². The lowest BCUT2D eigenvalue weighted by molar-refractivity contribution is 0.194. The third kappa shape index (κ3) is 1.29. The van der Waals surface area contributed by atoms with Gasteiger partial charge in [-0.1, -0.05) is 5.11 Å². The summed E-state index contributed by atoms with van der Waals surface area (Å²) in [6, 6.07) is 0.296. The number of hydrogen-bond acceptors (Lipinski definition) is 2. The molecular formula is C6H11ClN4. The van der Waals surface area contributed by atoms with E-state index in [2.05, 4.69) is 15.3 Å². The summed E-state index contributed by atoms with van der Waals surface area (Å²) in [5, 5.41) is 7.00. The molecule has 1 aliphatic heterocycles. The average Bonchev–Trinajstić information content (AvgIpc) is 2.26. The fraction of sp³-hybridized carbons (Fsp3) is 1.00. The summed E-state index contributed by atoms with van der Waals surface area (Å²) in [4.78, 5) is 2.82. The molecular weight excluding hydrogens is 164 g/mol. The van der Waals surface area contributed by atoms with Crippen LogP contribution < -0.4 is 5.32 Å². The van der Waals surface area contributed by atoms with Crippen LogP contribution in [0.4, 0.5) is 0 Å². The monoisotopic (exact) mass is 174 g/mol. The Labute approximate surface area is 71.4 Å². The number of fused-ring (bicyclic) bond motifs is 1. The molecule has 0 amide bonds. The summed E-state index contributed by atoms with van der Waals surface area (Å²) in [5.41, 5.74) is 8.16. The van der Waals surface area contributed by atoms with Crippen LogP contribution in [-0.2, 0) is 0 Å². The Balaban J connectivity index is 0.000000605. The van der Waals surface area contributed by atoms with Crippen molar-refractivity contribution in [1.29, 1.82) is 0 Å². The summed E-state index contributed by atoms with van der Waals surface area (Å²) < 4.78 is 0. The third-order valence-corrected chi connectivity index (χ3v) is 2.63. The van der Waals surface area contributed by atoms with Crippen LogP contribution in [0.1, 0.15) is 6.42 Å². The largest absolute Gasteiger partial charge is 0.316 e. The highest BCUT2D eigenvalue weighted by Crippen LogP contribution is 2.39. The van der Waals surface area contributed by atoms with Gasteiger partial charge >= 0.3 is 0 Å². The zero-order chi connectivity index (χ0) is 6.97. The van der Waals surface area contributed by atoms with Crippen LogP contribution in [0.2, 0.25) is 0 Å². The van der Waals surface area contributed by atoms with E-state index in [0.29, 0.717) is 12.0 Å². The molecule has 4 nitrogen and oxygen atoms in total. The summed E-state index contributed by atoms with van der Waals surface area (Å²) in [6.45, 7) is 2.18. The molecule has 3 unspecified atom stereocenters. The second-order valence-corrected chi connectivity index (χ2v) is 3.09. The topological polar surface area (TPSA) is 60.8 Å². The second-order valence-electron chi connectivity index (χ2n) is 3.09. The molecule has 2 fully saturated rings. The van der Waals surface area contributed by atoms with Gasteiger partial charge in [-0.15, -0.1) is 12.4 Å². The van der Waals surface area contributed by atoms with Crippen molar-refractivity contribution in [3.63, 3.8) is 0 Å². The van der Waals surface area contributed by atoms with E-state index in [9.17, 15) is 0 Å².